The number of hydrogen-bond donors (Lipinski definition) is 1. The summed E-state index contributed by atoms with van der Waals surface area (Å²) < 4.78 is 7.32. The molecule has 24 heavy (non-hydrogen) atoms. The Morgan fingerprint density at radius 2 is 1.88 bits per heavy atom. The average Bonchev–Trinajstić information content (AvgIpc) is 2.99. The lowest BCUT2D eigenvalue weighted by Crippen LogP contribution is -2.09. The molecule has 2 heterocycles. The van der Waals surface area contributed by atoms with Crippen LogP contribution in [-0.4, -0.2) is 26.2 Å². The van der Waals surface area contributed by atoms with E-state index in [4.69, 9.17) is 10.5 Å². The Morgan fingerprint density at radius 3 is 2.58 bits per heavy atom. The Bertz CT molecular complexity index is 810. The first-order valence-electron chi connectivity index (χ1n) is 8.42. The molecule has 2 aromatic heterocycles. The van der Waals surface area contributed by atoms with Gasteiger partial charge in [-0.3, -0.25) is 0 Å². The highest BCUT2D eigenvalue weighted by Gasteiger charge is 2.12. The molecule has 6 heteroatoms. The minimum absolute atomic E-state index is 0.300. The molecule has 0 amide bonds. The van der Waals surface area contributed by atoms with Crippen molar-refractivity contribution in [2.75, 3.05) is 12.3 Å². The number of fused-ring (bicyclic) bond motifs is 1. The fourth-order valence-electron chi connectivity index (χ4n) is 2.52. The van der Waals surface area contributed by atoms with Crippen molar-refractivity contribution in [1.82, 2.24) is 19.6 Å². The van der Waals surface area contributed by atoms with E-state index >= 15 is 0 Å². The van der Waals surface area contributed by atoms with Crippen LogP contribution in [0.5, 0.6) is 6.01 Å². The second-order valence-corrected chi connectivity index (χ2v) is 5.81. The molecule has 0 aliphatic rings. The summed E-state index contributed by atoms with van der Waals surface area (Å²) in [6, 6.07) is 8.89. The molecule has 3 rings (SSSR count). The summed E-state index contributed by atoms with van der Waals surface area (Å²) in [5, 5.41) is 4.44. The van der Waals surface area contributed by atoms with Gasteiger partial charge in [0.1, 0.15) is 0 Å². The molecule has 0 spiro atoms. The van der Waals surface area contributed by atoms with Crippen LogP contribution >= 0.6 is 0 Å². The number of benzene rings is 1. The maximum absolute atomic E-state index is 5.99. The van der Waals surface area contributed by atoms with E-state index in [1.54, 1.807) is 10.7 Å². The van der Waals surface area contributed by atoms with Crippen LogP contribution < -0.4 is 10.5 Å². The van der Waals surface area contributed by atoms with Crippen molar-refractivity contribution in [1.29, 1.82) is 0 Å². The molecule has 3 aromatic rings. The largest absolute Gasteiger partial charge is 0.462 e. The Morgan fingerprint density at radius 1 is 1.12 bits per heavy atom. The van der Waals surface area contributed by atoms with E-state index in [1.165, 1.54) is 11.1 Å². The van der Waals surface area contributed by atoms with Crippen LogP contribution in [0.2, 0.25) is 0 Å². The van der Waals surface area contributed by atoms with Gasteiger partial charge in [0.05, 0.1) is 18.5 Å². The molecule has 2 N–H and O–H groups in total. The lowest BCUT2D eigenvalue weighted by atomic mass is 10.1. The van der Waals surface area contributed by atoms with Gasteiger partial charge in [-0.2, -0.15) is 4.98 Å². The minimum Gasteiger partial charge on any atom is -0.462 e. The molecule has 0 fully saturated rings. The van der Waals surface area contributed by atoms with Gasteiger partial charge in [-0.1, -0.05) is 44.5 Å². The summed E-state index contributed by atoms with van der Waals surface area (Å²) >= 11 is 0. The number of aromatic nitrogens is 4. The number of rotatable bonds is 7. The lowest BCUT2D eigenvalue weighted by Gasteiger charge is -2.07. The van der Waals surface area contributed by atoms with Crippen LogP contribution in [0.25, 0.3) is 5.65 Å². The van der Waals surface area contributed by atoms with Crippen LogP contribution in [0.15, 0.2) is 30.5 Å². The van der Waals surface area contributed by atoms with Gasteiger partial charge < -0.3 is 10.5 Å². The normalized spacial score (nSPS) is 11.1. The standard InChI is InChI=1S/C18H23N5O/c1-3-5-10-24-18-21-16(19)17-20-12-15(23(17)22-18)11-14-8-6-13(4-2)7-9-14/h6-9,12H,3-5,10-11H2,1-2H3,(H2,19,21,22). The van der Waals surface area contributed by atoms with E-state index < -0.39 is 0 Å². The van der Waals surface area contributed by atoms with Crippen molar-refractivity contribution >= 4 is 11.5 Å². The van der Waals surface area contributed by atoms with Crippen molar-refractivity contribution in [3.63, 3.8) is 0 Å². The van der Waals surface area contributed by atoms with Crippen molar-refractivity contribution in [2.24, 2.45) is 0 Å². The van der Waals surface area contributed by atoms with Gasteiger partial charge in [-0.25, -0.2) is 9.50 Å². The third-order valence-corrected chi connectivity index (χ3v) is 3.98. The molecule has 0 aliphatic heterocycles. The second-order valence-electron chi connectivity index (χ2n) is 5.81. The van der Waals surface area contributed by atoms with Crippen molar-refractivity contribution in [3.05, 3.63) is 47.3 Å². The second kappa shape index (κ2) is 7.29. The Labute approximate surface area is 141 Å². The van der Waals surface area contributed by atoms with Crippen molar-refractivity contribution in [2.45, 2.75) is 39.5 Å². The molecule has 0 radical (unpaired) electrons. The van der Waals surface area contributed by atoms with E-state index in [-0.39, 0.29) is 0 Å². The summed E-state index contributed by atoms with van der Waals surface area (Å²) in [5.41, 5.74) is 10.1. The Balaban J connectivity index is 1.86. The van der Waals surface area contributed by atoms with Crippen LogP contribution in [0.4, 0.5) is 5.82 Å². The zero-order valence-electron chi connectivity index (χ0n) is 14.2. The van der Waals surface area contributed by atoms with Crippen LogP contribution in [0.3, 0.4) is 0 Å². The summed E-state index contributed by atoms with van der Waals surface area (Å²) in [7, 11) is 0. The molecule has 0 unspecified atom stereocenters. The number of ether oxygens (including phenoxy) is 1. The van der Waals surface area contributed by atoms with Crippen LogP contribution in [0, 0.1) is 0 Å². The molecule has 0 saturated heterocycles. The summed E-state index contributed by atoms with van der Waals surface area (Å²) in [6.45, 7) is 4.85. The smallest absolute Gasteiger partial charge is 0.336 e. The summed E-state index contributed by atoms with van der Waals surface area (Å²) in [6.07, 6.45) is 5.59. The number of nitrogens with two attached hydrogens (primary N) is 1. The number of imidazole rings is 1. The Kier molecular flexibility index (Phi) is 4.93. The highest BCUT2D eigenvalue weighted by Crippen LogP contribution is 2.17. The lowest BCUT2D eigenvalue weighted by molar-refractivity contribution is 0.280. The highest BCUT2D eigenvalue weighted by molar-refractivity contribution is 5.59. The summed E-state index contributed by atoms with van der Waals surface area (Å²) in [4.78, 5) is 8.52. The number of anilines is 1. The van der Waals surface area contributed by atoms with Gasteiger partial charge in [-0.15, -0.1) is 5.10 Å². The fourth-order valence-corrected chi connectivity index (χ4v) is 2.52. The van der Waals surface area contributed by atoms with Gasteiger partial charge >= 0.3 is 6.01 Å². The molecule has 1 aromatic carbocycles. The number of nitrogens with zero attached hydrogens (tertiary/aromatic N) is 4. The van der Waals surface area contributed by atoms with E-state index in [9.17, 15) is 0 Å². The predicted octanol–water partition coefficient (Wildman–Crippen LogP) is 3.04. The first-order chi connectivity index (χ1) is 11.7. The van der Waals surface area contributed by atoms with Gasteiger partial charge in [0.2, 0.25) is 0 Å². The first-order valence-corrected chi connectivity index (χ1v) is 8.42. The maximum atomic E-state index is 5.99. The number of unbranched alkanes of at least 4 members (excludes halogenated alkanes) is 1. The van der Waals surface area contributed by atoms with Crippen LogP contribution in [-0.2, 0) is 12.8 Å². The highest BCUT2D eigenvalue weighted by atomic mass is 16.5. The number of nitrogen functional groups attached to an aromatic ring is 1. The van der Waals surface area contributed by atoms with E-state index in [0.29, 0.717) is 24.1 Å². The third kappa shape index (κ3) is 3.48. The van der Waals surface area contributed by atoms with E-state index in [0.717, 1.165) is 31.4 Å². The minimum atomic E-state index is 0.300. The van der Waals surface area contributed by atoms with E-state index in [1.807, 2.05) is 0 Å². The fraction of sp³-hybridized carbons (Fsp3) is 0.389. The zero-order valence-corrected chi connectivity index (χ0v) is 14.2. The molecular formula is C18H23N5O. The Hall–Kier alpha value is -2.63. The topological polar surface area (TPSA) is 78.3 Å². The van der Waals surface area contributed by atoms with Crippen molar-refractivity contribution in [3.8, 4) is 6.01 Å². The van der Waals surface area contributed by atoms with E-state index in [2.05, 4.69) is 53.2 Å². The molecule has 0 bridgehead atoms. The molecule has 126 valence electrons. The molecule has 0 saturated carbocycles. The molecule has 0 atom stereocenters. The number of aryl methyl sites for hydroxylation is 1. The van der Waals surface area contributed by atoms with Gasteiger partial charge in [0.15, 0.2) is 11.5 Å². The predicted molar refractivity (Wildman–Crippen MR) is 94.2 cm³/mol. The van der Waals surface area contributed by atoms with Gasteiger partial charge in [0, 0.05) is 6.42 Å². The average molecular weight is 325 g/mol. The number of hydrogen-bond acceptors (Lipinski definition) is 5. The monoisotopic (exact) mass is 325 g/mol. The SMILES string of the molecule is CCCCOc1nc(N)c2ncc(Cc3ccc(CC)cc3)n2n1. The van der Waals surface area contributed by atoms with Gasteiger partial charge in [-0.05, 0) is 24.0 Å². The third-order valence-electron chi connectivity index (χ3n) is 3.98. The zero-order chi connectivity index (χ0) is 16.9. The summed E-state index contributed by atoms with van der Waals surface area (Å²) in [5.74, 6) is 0.337. The van der Waals surface area contributed by atoms with Gasteiger partial charge in [0.25, 0.3) is 0 Å². The quantitative estimate of drug-likeness (QED) is 0.676. The maximum Gasteiger partial charge on any atom is 0.336 e. The first kappa shape index (κ1) is 16.2. The van der Waals surface area contributed by atoms with Crippen LogP contribution in [0.1, 0.15) is 43.5 Å². The molecule has 0 aliphatic carbocycles. The molecule has 6 nitrogen and oxygen atoms in total. The molecular weight excluding hydrogens is 302 g/mol. The van der Waals surface area contributed by atoms with Crippen molar-refractivity contribution < 1.29 is 4.74 Å².